The van der Waals surface area contributed by atoms with Gasteiger partial charge in [-0.05, 0) is 55.4 Å². The Bertz CT molecular complexity index is 382. The number of carbonyl (C=O) groups is 2. The van der Waals surface area contributed by atoms with Crippen LogP contribution in [0.15, 0.2) is 0 Å². The number of hydrogen-bond acceptors (Lipinski definition) is 7. The molecular weight excluding hydrogens is 292 g/mol. The smallest absolute Gasteiger partial charge is 0.348 e. The maximum atomic E-state index is 12.0. The number of aliphatic hydroxyl groups is 1. The molecule has 1 atom stereocenters. The van der Waals surface area contributed by atoms with E-state index in [4.69, 9.17) is 14.7 Å². The molecule has 0 aromatic rings. The van der Waals surface area contributed by atoms with Crippen molar-refractivity contribution in [3.63, 3.8) is 0 Å². The van der Waals surface area contributed by atoms with Crippen LogP contribution in [0.2, 0.25) is 0 Å². The maximum Gasteiger partial charge on any atom is 0.348 e. The van der Waals surface area contributed by atoms with E-state index in [1.807, 2.05) is 0 Å². The topological polar surface area (TPSA) is 91.3 Å². The standard InChI is InChI=1S/C15H28O7/c1-13(2,3)21-19-11(16)9-10(15(7,8)18)12(17)20-22-14(4,5)6/h10,18H,9H2,1-8H3. The van der Waals surface area contributed by atoms with E-state index in [2.05, 4.69) is 4.89 Å². The number of rotatable bonds is 6. The quantitative estimate of drug-likeness (QED) is 0.593. The van der Waals surface area contributed by atoms with Gasteiger partial charge in [0.25, 0.3) is 0 Å². The molecule has 7 nitrogen and oxygen atoms in total. The van der Waals surface area contributed by atoms with E-state index in [9.17, 15) is 14.7 Å². The summed E-state index contributed by atoms with van der Waals surface area (Å²) in [7, 11) is 0. The maximum absolute atomic E-state index is 12.0. The Kier molecular flexibility index (Phi) is 6.99. The van der Waals surface area contributed by atoms with Gasteiger partial charge >= 0.3 is 11.9 Å². The van der Waals surface area contributed by atoms with Crippen LogP contribution in [0.1, 0.15) is 61.8 Å². The van der Waals surface area contributed by atoms with Crippen LogP contribution in [0.5, 0.6) is 0 Å². The Morgan fingerprint density at radius 2 is 1.27 bits per heavy atom. The summed E-state index contributed by atoms with van der Waals surface area (Å²) in [5.74, 6) is -2.78. The molecule has 0 spiro atoms. The summed E-state index contributed by atoms with van der Waals surface area (Å²) in [5.41, 5.74) is -2.86. The van der Waals surface area contributed by atoms with E-state index in [1.165, 1.54) is 13.8 Å². The number of carbonyl (C=O) groups excluding carboxylic acids is 2. The predicted molar refractivity (Wildman–Crippen MR) is 78.3 cm³/mol. The summed E-state index contributed by atoms with van der Waals surface area (Å²) >= 11 is 0. The minimum Gasteiger partial charge on any atom is -0.390 e. The van der Waals surface area contributed by atoms with Crippen molar-refractivity contribution in [3.8, 4) is 0 Å². The normalized spacial score (nSPS) is 14.4. The van der Waals surface area contributed by atoms with Crippen LogP contribution in [0.3, 0.4) is 0 Å². The molecule has 0 aliphatic heterocycles. The highest BCUT2D eigenvalue weighted by Gasteiger charge is 2.39. The van der Waals surface area contributed by atoms with Crippen molar-refractivity contribution in [2.45, 2.75) is 78.6 Å². The predicted octanol–water partition coefficient (Wildman–Crippen LogP) is 2.31. The van der Waals surface area contributed by atoms with Crippen LogP contribution in [0, 0.1) is 5.92 Å². The van der Waals surface area contributed by atoms with Crippen LogP contribution in [-0.2, 0) is 29.1 Å². The molecule has 1 unspecified atom stereocenters. The highest BCUT2D eigenvalue weighted by molar-refractivity contribution is 5.80. The molecule has 22 heavy (non-hydrogen) atoms. The van der Waals surface area contributed by atoms with Gasteiger partial charge in [-0.2, -0.15) is 9.78 Å². The van der Waals surface area contributed by atoms with Crippen LogP contribution in [0.4, 0.5) is 0 Å². The summed E-state index contributed by atoms with van der Waals surface area (Å²) in [4.78, 5) is 42.9. The van der Waals surface area contributed by atoms with E-state index in [-0.39, 0.29) is 0 Å². The summed E-state index contributed by atoms with van der Waals surface area (Å²) < 4.78 is 0. The zero-order valence-corrected chi connectivity index (χ0v) is 14.7. The molecule has 0 aromatic heterocycles. The molecule has 0 saturated carbocycles. The SMILES string of the molecule is CC(C)(C)OOC(=O)CC(C(=O)OOC(C)(C)C)C(C)(C)O. The van der Waals surface area contributed by atoms with E-state index in [0.717, 1.165) is 0 Å². The van der Waals surface area contributed by atoms with Crippen molar-refractivity contribution < 1.29 is 34.2 Å². The summed E-state index contributed by atoms with van der Waals surface area (Å²) in [5, 5.41) is 10.0. The Balaban J connectivity index is 4.73. The molecule has 0 fully saturated rings. The van der Waals surface area contributed by atoms with E-state index >= 15 is 0 Å². The van der Waals surface area contributed by atoms with Gasteiger partial charge in [0.05, 0.1) is 17.9 Å². The van der Waals surface area contributed by atoms with Gasteiger partial charge in [0, 0.05) is 0 Å². The van der Waals surface area contributed by atoms with Gasteiger partial charge in [0.15, 0.2) is 0 Å². The van der Waals surface area contributed by atoms with Crippen molar-refractivity contribution in [1.82, 2.24) is 0 Å². The second kappa shape index (κ2) is 7.39. The molecular formula is C15H28O7. The highest BCUT2D eigenvalue weighted by atomic mass is 17.2. The molecule has 0 radical (unpaired) electrons. The van der Waals surface area contributed by atoms with Crippen molar-refractivity contribution in [3.05, 3.63) is 0 Å². The van der Waals surface area contributed by atoms with Crippen LogP contribution in [0.25, 0.3) is 0 Å². The average molecular weight is 320 g/mol. The minimum absolute atomic E-state index is 0.397. The van der Waals surface area contributed by atoms with Crippen LogP contribution >= 0.6 is 0 Å². The van der Waals surface area contributed by atoms with Crippen molar-refractivity contribution >= 4 is 11.9 Å². The molecule has 0 saturated heterocycles. The molecule has 1 N–H and O–H groups in total. The molecule has 0 rings (SSSR count). The molecule has 0 heterocycles. The highest BCUT2D eigenvalue weighted by Crippen LogP contribution is 2.24. The molecule has 130 valence electrons. The third-order valence-corrected chi connectivity index (χ3v) is 2.27. The first-order valence-electron chi connectivity index (χ1n) is 7.12. The zero-order chi connectivity index (χ0) is 17.8. The van der Waals surface area contributed by atoms with Crippen LogP contribution < -0.4 is 0 Å². The molecule has 0 aliphatic rings. The Morgan fingerprint density at radius 3 is 1.64 bits per heavy atom. The lowest BCUT2D eigenvalue weighted by Crippen LogP contribution is -2.40. The molecule has 0 bridgehead atoms. The summed E-state index contributed by atoms with van der Waals surface area (Å²) in [6.07, 6.45) is -0.397. The van der Waals surface area contributed by atoms with Gasteiger partial charge < -0.3 is 5.11 Å². The third-order valence-electron chi connectivity index (χ3n) is 2.27. The number of hydrogen-bond donors (Lipinski definition) is 1. The van der Waals surface area contributed by atoms with Gasteiger partial charge in [0.1, 0.15) is 11.2 Å². The fourth-order valence-corrected chi connectivity index (χ4v) is 1.22. The monoisotopic (exact) mass is 320 g/mol. The Hall–Kier alpha value is -1.18. The van der Waals surface area contributed by atoms with Gasteiger partial charge in [-0.25, -0.2) is 9.59 Å². The van der Waals surface area contributed by atoms with Gasteiger partial charge in [0.2, 0.25) is 0 Å². The van der Waals surface area contributed by atoms with Crippen LogP contribution in [-0.4, -0.2) is 33.8 Å². The first kappa shape index (κ1) is 20.8. The first-order valence-corrected chi connectivity index (χ1v) is 7.12. The summed E-state index contributed by atoms with van der Waals surface area (Å²) in [6, 6.07) is 0. The zero-order valence-electron chi connectivity index (χ0n) is 14.7. The van der Waals surface area contributed by atoms with Gasteiger partial charge in [-0.3, -0.25) is 9.78 Å². The fourth-order valence-electron chi connectivity index (χ4n) is 1.22. The van der Waals surface area contributed by atoms with Crippen molar-refractivity contribution in [2.75, 3.05) is 0 Å². The lowest BCUT2D eigenvalue weighted by molar-refractivity contribution is -0.329. The second-order valence-electron chi connectivity index (χ2n) is 7.66. The molecule has 0 aromatic carbocycles. The first-order chi connectivity index (χ1) is 9.62. The van der Waals surface area contributed by atoms with E-state index < -0.39 is 41.1 Å². The van der Waals surface area contributed by atoms with Gasteiger partial charge in [-0.1, -0.05) is 0 Å². The third kappa shape index (κ3) is 9.70. The minimum atomic E-state index is -1.49. The largest absolute Gasteiger partial charge is 0.390 e. The average Bonchev–Trinajstić information content (AvgIpc) is 2.27. The van der Waals surface area contributed by atoms with E-state index in [0.29, 0.717) is 0 Å². The fraction of sp³-hybridized carbons (Fsp3) is 0.867. The lowest BCUT2D eigenvalue weighted by atomic mass is 9.88. The Morgan fingerprint density at radius 1 is 0.864 bits per heavy atom. The van der Waals surface area contributed by atoms with Crippen molar-refractivity contribution in [1.29, 1.82) is 0 Å². The van der Waals surface area contributed by atoms with Gasteiger partial charge in [-0.15, -0.1) is 0 Å². The summed E-state index contributed by atoms with van der Waals surface area (Å²) in [6.45, 7) is 13.0. The molecule has 7 heteroatoms. The molecule has 0 aliphatic carbocycles. The Labute approximate surface area is 131 Å². The lowest BCUT2D eigenvalue weighted by Gasteiger charge is -2.27. The second-order valence-corrected chi connectivity index (χ2v) is 7.66. The van der Waals surface area contributed by atoms with Crippen molar-refractivity contribution in [2.24, 2.45) is 5.92 Å². The molecule has 0 amide bonds. The van der Waals surface area contributed by atoms with E-state index in [1.54, 1.807) is 41.5 Å².